The van der Waals surface area contributed by atoms with Crippen LogP contribution in [0.2, 0.25) is 0 Å². The second-order valence-corrected chi connectivity index (χ2v) is 5.23. The summed E-state index contributed by atoms with van der Waals surface area (Å²) in [5.74, 6) is 0.235. The fourth-order valence-corrected chi connectivity index (χ4v) is 2.10. The minimum atomic E-state index is -0.146. The van der Waals surface area contributed by atoms with E-state index in [1.54, 1.807) is 18.3 Å². The van der Waals surface area contributed by atoms with Crippen molar-refractivity contribution in [3.63, 3.8) is 0 Å². The maximum Gasteiger partial charge on any atom is 0.271 e. The molecule has 0 aliphatic rings. The van der Waals surface area contributed by atoms with E-state index in [0.717, 1.165) is 5.33 Å². The van der Waals surface area contributed by atoms with Crippen molar-refractivity contribution in [1.29, 1.82) is 0 Å². The quantitative estimate of drug-likeness (QED) is 0.849. The summed E-state index contributed by atoms with van der Waals surface area (Å²) in [6.45, 7) is 4.06. The number of alkyl halides is 1. The highest BCUT2D eigenvalue weighted by molar-refractivity contribution is 9.10. The summed E-state index contributed by atoms with van der Waals surface area (Å²) in [4.78, 5) is 15.9. The molecular weight excluding hydrogens is 336 g/mol. The Hall–Kier alpha value is -0.420. The molecule has 0 bridgehead atoms. The van der Waals surface area contributed by atoms with Crippen molar-refractivity contribution in [2.75, 3.05) is 5.33 Å². The molecule has 1 N–H and O–H groups in total. The average molecular weight is 350 g/mol. The summed E-state index contributed by atoms with van der Waals surface area (Å²) < 4.78 is 0.714. The van der Waals surface area contributed by atoms with Gasteiger partial charge in [-0.15, -0.1) is 0 Å². The van der Waals surface area contributed by atoms with Gasteiger partial charge in [0, 0.05) is 22.0 Å². The van der Waals surface area contributed by atoms with Gasteiger partial charge in [0.25, 0.3) is 5.91 Å². The van der Waals surface area contributed by atoms with E-state index in [-0.39, 0.29) is 11.9 Å². The van der Waals surface area contributed by atoms with Crippen molar-refractivity contribution in [2.24, 2.45) is 5.92 Å². The summed E-state index contributed by atoms with van der Waals surface area (Å²) in [5.41, 5.74) is 0.427. The molecule has 88 valence electrons. The summed E-state index contributed by atoms with van der Waals surface area (Å²) >= 11 is 6.71. The fraction of sp³-hybridized carbons (Fsp3) is 0.455. The van der Waals surface area contributed by atoms with E-state index in [1.165, 1.54) is 0 Å². The molecule has 0 aliphatic heterocycles. The van der Waals surface area contributed by atoms with Crippen LogP contribution in [0.15, 0.2) is 22.8 Å². The number of hydrogen-bond donors (Lipinski definition) is 1. The first-order valence-corrected chi connectivity index (χ1v) is 6.95. The number of nitrogens with zero attached hydrogens (tertiary/aromatic N) is 1. The molecule has 3 nitrogen and oxygen atoms in total. The molecule has 0 aliphatic carbocycles. The topological polar surface area (TPSA) is 42.0 Å². The molecule has 2 unspecified atom stereocenters. The highest BCUT2D eigenvalue weighted by Crippen LogP contribution is 2.14. The van der Waals surface area contributed by atoms with Crippen molar-refractivity contribution in [1.82, 2.24) is 10.3 Å². The minimum Gasteiger partial charge on any atom is -0.348 e. The number of rotatable bonds is 4. The predicted octanol–water partition coefficient (Wildman–Crippen LogP) is 2.99. The van der Waals surface area contributed by atoms with Gasteiger partial charge in [0.15, 0.2) is 0 Å². The summed E-state index contributed by atoms with van der Waals surface area (Å²) in [6, 6.07) is 3.70. The Bertz CT molecular complexity index is 371. The van der Waals surface area contributed by atoms with Gasteiger partial charge in [-0.3, -0.25) is 4.79 Å². The van der Waals surface area contributed by atoms with Crippen LogP contribution in [0.4, 0.5) is 0 Å². The van der Waals surface area contributed by atoms with Gasteiger partial charge in [-0.2, -0.15) is 0 Å². The van der Waals surface area contributed by atoms with Crippen molar-refractivity contribution in [3.8, 4) is 0 Å². The number of carbonyl (C=O) groups excluding carboxylic acids is 1. The van der Waals surface area contributed by atoms with Crippen LogP contribution >= 0.6 is 31.9 Å². The Morgan fingerprint density at radius 2 is 2.25 bits per heavy atom. The number of carbonyl (C=O) groups is 1. The average Bonchev–Trinajstić information content (AvgIpc) is 2.28. The van der Waals surface area contributed by atoms with Gasteiger partial charge >= 0.3 is 0 Å². The number of pyridine rings is 1. The van der Waals surface area contributed by atoms with Crippen molar-refractivity contribution >= 4 is 37.8 Å². The maximum absolute atomic E-state index is 11.9. The largest absolute Gasteiger partial charge is 0.348 e. The summed E-state index contributed by atoms with van der Waals surface area (Å²) in [5, 5.41) is 3.79. The van der Waals surface area contributed by atoms with Crippen LogP contribution in [0.5, 0.6) is 0 Å². The van der Waals surface area contributed by atoms with Gasteiger partial charge in [-0.25, -0.2) is 4.98 Å². The molecule has 0 spiro atoms. The van der Waals surface area contributed by atoms with Gasteiger partial charge in [0.1, 0.15) is 5.69 Å². The third-order valence-electron chi connectivity index (χ3n) is 2.43. The van der Waals surface area contributed by atoms with Crippen LogP contribution in [0, 0.1) is 5.92 Å². The monoisotopic (exact) mass is 348 g/mol. The number of halogens is 2. The molecule has 0 radical (unpaired) electrons. The van der Waals surface area contributed by atoms with Gasteiger partial charge < -0.3 is 5.32 Å². The molecule has 1 amide bonds. The molecule has 0 saturated heterocycles. The SMILES string of the molecule is CC(CBr)C(C)NC(=O)c1ncccc1Br. The van der Waals surface area contributed by atoms with Gasteiger partial charge in [0.05, 0.1) is 0 Å². The summed E-state index contributed by atoms with van der Waals surface area (Å²) in [6.07, 6.45) is 1.61. The highest BCUT2D eigenvalue weighted by atomic mass is 79.9. The van der Waals surface area contributed by atoms with E-state index >= 15 is 0 Å². The Balaban J connectivity index is 2.70. The zero-order valence-corrected chi connectivity index (χ0v) is 12.4. The second kappa shape index (κ2) is 6.35. The molecule has 2 atom stereocenters. The first-order valence-electron chi connectivity index (χ1n) is 5.03. The van der Waals surface area contributed by atoms with Crippen LogP contribution in [0.3, 0.4) is 0 Å². The van der Waals surface area contributed by atoms with Crippen LogP contribution in [0.1, 0.15) is 24.3 Å². The summed E-state index contributed by atoms with van der Waals surface area (Å²) in [7, 11) is 0. The Labute approximate surface area is 112 Å². The zero-order chi connectivity index (χ0) is 12.1. The number of aromatic nitrogens is 1. The molecule has 0 fully saturated rings. The van der Waals surface area contributed by atoms with Crippen LogP contribution in [0.25, 0.3) is 0 Å². The maximum atomic E-state index is 11.9. The second-order valence-electron chi connectivity index (χ2n) is 3.73. The lowest BCUT2D eigenvalue weighted by Crippen LogP contribution is -2.38. The molecule has 0 aromatic carbocycles. The van der Waals surface area contributed by atoms with Gasteiger partial charge in [-0.1, -0.05) is 22.9 Å². The fourth-order valence-electron chi connectivity index (χ4n) is 1.10. The molecule has 1 aromatic heterocycles. The molecule has 0 saturated carbocycles. The lowest BCUT2D eigenvalue weighted by atomic mass is 10.1. The third-order valence-corrected chi connectivity index (χ3v) is 4.09. The van der Waals surface area contributed by atoms with Crippen LogP contribution < -0.4 is 5.32 Å². The lowest BCUT2D eigenvalue weighted by molar-refractivity contribution is 0.0925. The van der Waals surface area contributed by atoms with E-state index in [2.05, 4.69) is 49.1 Å². The first kappa shape index (κ1) is 13.6. The number of nitrogens with one attached hydrogen (secondary N) is 1. The van der Waals surface area contributed by atoms with Crippen LogP contribution in [-0.2, 0) is 0 Å². The Morgan fingerprint density at radius 1 is 1.56 bits per heavy atom. The van der Waals surface area contributed by atoms with E-state index < -0.39 is 0 Å². The normalized spacial score (nSPS) is 14.2. The van der Waals surface area contributed by atoms with E-state index in [1.807, 2.05) is 6.92 Å². The molecule has 16 heavy (non-hydrogen) atoms. The lowest BCUT2D eigenvalue weighted by Gasteiger charge is -2.19. The zero-order valence-electron chi connectivity index (χ0n) is 9.21. The van der Waals surface area contributed by atoms with E-state index in [0.29, 0.717) is 16.1 Å². The predicted molar refractivity (Wildman–Crippen MR) is 71.8 cm³/mol. The Kier molecular flexibility index (Phi) is 5.41. The molecule has 1 aromatic rings. The number of amides is 1. The van der Waals surface area contributed by atoms with E-state index in [4.69, 9.17) is 0 Å². The minimum absolute atomic E-state index is 0.112. The van der Waals surface area contributed by atoms with E-state index in [9.17, 15) is 4.79 Å². The molecule has 5 heteroatoms. The first-order chi connectivity index (χ1) is 7.56. The van der Waals surface area contributed by atoms with Crippen molar-refractivity contribution < 1.29 is 4.79 Å². The Morgan fingerprint density at radius 3 is 2.81 bits per heavy atom. The van der Waals surface area contributed by atoms with Gasteiger partial charge in [-0.05, 0) is 40.9 Å². The smallest absolute Gasteiger partial charge is 0.271 e. The number of hydrogen-bond acceptors (Lipinski definition) is 2. The molecular formula is C11H14Br2N2O. The molecule has 1 heterocycles. The van der Waals surface area contributed by atoms with Crippen molar-refractivity contribution in [3.05, 3.63) is 28.5 Å². The highest BCUT2D eigenvalue weighted by Gasteiger charge is 2.17. The molecule has 1 rings (SSSR count). The van der Waals surface area contributed by atoms with Crippen molar-refractivity contribution in [2.45, 2.75) is 19.9 Å². The van der Waals surface area contributed by atoms with Gasteiger partial charge in [0.2, 0.25) is 0 Å². The third kappa shape index (κ3) is 3.56. The standard InChI is InChI=1S/C11H14Br2N2O/c1-7(6-12)8(2)15-11(16)10-9(13)4-3-5-14-10/h3-5,7-8H,6H2,1-2H3,(H,15,16). The van der Waals surface area contributed by atoms with Crippen LogP contribution in [-0.4, -0.2) is 22.3 Å².